The zero-order valence-electron chi connectivity index (χ0n) is 10.3. The van der Waals surface area contributed by atoms with Gasteiger partial charge in [-0.15, -0.1) is 0 Å². The van der Waals surface area contributed by atoms with Crippen molar-refractivity contribution in [3.8, 4) is 11.1 Å². The molecule has 0 fully saturated rings. The average molecular weight is 287 g/mol. The Morgan fingerprint density at radius 2 is 1.65 bits per heavy atom. The molecular weight excluding hydrogens is 272 g/mol. The standard InChI is InChI=1S/C16H15Br/c1-10-8-14-12(9-15(10)17)11-6-4-5-7-13(11)16(14,2)3/h4-9H,1-3H3. The number of benzene rings is 2. The Morgan fingerprint density at radius 3 is 2.41 bits per heavy atom. The minimum absolute atomic E-state index is 0.122. The molecule has 3 rings (SSSR count). The van der Waals surface area contributed by atoms with E-state index in [1.165, 1.54) is 32.3 Å². The van der Waals surface area contributed by atoms with Gasteiger partial charge < -0.3 is 0 Å². The molecule has 0 N–H and O–H groups in total. The van der Waals surface area contributed by atoms with Gasteiger partial charge in [-0.25, -0.2) is 0 Å². The van der Waals surface area contributed by atoms with E-state index in [4.69, 9.17) is 0 Å². The van der Waals surface area contributed by atoms with Crippen molar-refractivity contribution in [2.45, 2.75) is 26.2 Å². The Labute approximate surface area is 111 Å². The normalized spacial score (nSPS) is 15.5. The maximum Gasteiger partial charge on any atom is 0.0210 e. The summed E-state index contributed by atoms with van der Waals surface area (Å²) in [6.45, 7) is 6.78. The van der Waals surface area contributed by atoms with E-state index in [1.54, 1.807) is 0 Å². The van der Waals surface area contributed by atoms with Gasteiger partial charge in [-0.1, -0.05) is 60.1 Å². The van der Waals surface area contributed by atoms with E-state index in [9.17, 15) is 0 Å². The summed E-state index contributed by atoms with van der Waals surface area (Å²) in [5, 5.41) is 0. The molecule has 17 heavy (non-hydrogen) atoms. The zero-order valence-corrected chi connectivity index (χ0v) is 11.9. The molecule has 2 aromatic rings. The first kappa shape index (κ1) is 11.0. The van der Waals surface area contributed by atoms with Crippen LogP contribution in [0.5, 0.6) is 0 Å². The van der Waals surface area contributed by atoms with Crippen LogP contribution in [0.1, 0.15) is 30.5 Å². The molecule has 1 aliphatic rings. The van der Waals surface area contributed by atoms with Gasteiger partial charge in [0.15, 0.2) is 0 Å². The van der Waals surface area contributed by atoms with Crippen LogP contribution in [0.25, 0.3) is 11.1 Å². The van der Waals surface area contributed by atoms with Crippen molar-refractivity contribution in [3.05, 3.63) is 57.6 Å². The molecule has 0 unspecified atom stereocenters. The van der Waals surface area contributed by atoms with Crippen LogP contribution in [-0.4, -0.2) is 0 Å². The number of rotatable bonds is 0. The first-order chi connectivity index (χ1) is 8.01. The highest BCUT2D eigenvalue weighted by atomic mass is 79.9. The van der Waals surface area contributed by atoms with Crippen molar-refractivity contribution in [1.82, 2.24) is 0 Å². The highest BCUT2D eigenvalue weighted by Crippen LogP contribution is 2.49. The molecule has 0 saturated heterocycles. The fourth-order valence-electron chi connectivity index (χ4n) is 2.83. The van der Waals surface area contributed by atoms with Crippen molar-refractivity contribution in [2.75, 3.05) is 0 Å². The van der Waals surface area contributed by atoms with Gasteiger partial charge in [0, 0.05) is 9.89 Å². The highest BCUT2D eigenvalue weighted by molar-refractivity contribution is 9.10. The predicted octanol–water partition coefficient (Wildman–Crippen LogP) is 5.06. The number of aryl methyl sites for hydroxylation is 1. The van der Waals surface area contributed by atoms with Crippen molar-refractivity contribution in [3.63, 3.8) is 0 Å². The van der Waals surface area contributed by atoms with E-state index in [2.05, 4.69) is 73.1 Å². The van der Waals surface area contributed by atoms with Crippen LogP contribution < -0.4 is 0 Å². The number of halogens is 1. The molecule has 0 radical (unpaired) electrons. The summed E-state index contributed by atoms with van der Waals surface area (Å²) < 4.78 is 1.20. The van der Waals surface area contributed by atoms with Crippen LogP contribution in [0.15, 0.2) is 40.9 Å². The molecular formula is C16H15Br. The summed E-state index contributed by atoms with van der Waals surface area (Å²) in [4.78, 5) is 0. The van der Waals surface area contributed by atoms with Crippen LogP contribution >= 0.6 is 15.9 Å². The zero-order chi connectivity index (χ0) is 12.2. The van der Waals surface area contributed by atoms with Gasteiger partial charge in [0.25, 0.3) is 0 Å². The van der Waals surface area contributed by atoms with Crippen molar-refractivity contribution < 1.29 is 0 Å². The molecule has 0 saturated carbocycles. The largest absolute Gasteiger partial charge is 0.0619 e. The van der Waals surface area contributed by atoms with Crippen LogP contribution in [0.4, 0.5) is 0 Å². The van der Waals surface area contributed by atoms with Gasteiger partial charge in [-0.3, -0.25) is 0 Å². The Kier molecular flexibility index (Phi) is 2.24. The third kappa shape index (κ3) is 1.42. The lowest BCUT2D eigenvalue weighted by molar-refractivity contribution is 0.659. The summed E-state index contributed by atoms with van der Waals surface area (Å²) >= 11 is 3.64. The summed E-state index contributed by atoms with van der Waals surface area (Å²) in [7, 11) is 0. The van der Waals surface area contributed by atoms with Gasteiger partial charge >= 0.3 is 0 Å². The second kappa shape index (κ2) is 3.46. The topological polar surface area (TPSA) is 0 Å². The number of fused-ring (bicyclic) bond motifs is 3. The molecule has 1 heteroatoms. The van der Waals surface area contributed by atoms with E-state index in [0.29, 0.717) is 0 Å². The molecule has 0 atom stereocenters. The maximum atomic E-state index is 3.64. The Bertz CT molecular complexity index is 609. The van der Waals surface area contributed by atoms with Crippen molar-refractivity contribution >= 4 is 15.9 Å². The average Bonchev–Trinajstić information content (AvgIpc) is 2.51. The van der Waals surface area contributed by atoms with Gasteiger partial charge in [-0.05, 0) is 40.8 Å². The molecule has 0 aromatic heterocycles. The lowest BCUT2D eigenvalue weighted by Gasteiger charge is -2.21. The summed E-state index contributed by atoms with van der Waals surface area (Å²) in [6, 6.07) is 13.3. The van der Waals surface area contributed by atoms with Gasteiger partial charge in [0.1, 0.15) is 0 Å². The summed E-state index contributed by atoms with van der Waals surface area (Å²) in [5.41, 5.74) is 7.07. The van der Waals surface area contributed by atoms with Crippen molar-refractivity contribution in [1.29, 1.82) is 0 Å². The van der Waals surface area contributed by atoms with E-state index in [0.717, 1.165) is 0 Å². The fraction of sp³-hybridized carbons (Fsp3) is 0.250. The third-order valence-corrected chi connectivity index (χ3v) is 4.72. The Hall–Kier alpha value is -1.08. The summed E-state index contributed by atoms with van der Waals surface area (Å²) in [6.07, 6.45) is 0. The molecule has 0 spiro atoms. The Morgan fingerprint density at radius 1 is 0.941 bits per heavy atom. The molecule has 0 bridgehead atoms. The van der Waals surface area contributed by atoms with Gasteiger partial charge in [0.2, 0.25) is 0 Å². The molecule has 0 aliphatic heterocycles. The lowest BCUT2D eigenvalue weighted by atomic mass is 9.82. The molecule has 2 aromatic carbocycles. The minimum Gasteiger partial charge on any atom is -0.0619 e. The molecule has 0 heterocycles. The monoisotopic (exact) mass is 286 g/mol. The van der Waals surface area contributed by atoms with E-state index >= 15 is 0 Å². The number of hydrogen-bond acceptors (Lipinski definition) is 0. The van der Waals surface area contributed by atoms with Crippen LogP contribution in [0, 0.1) is 6.92 Å². The Balaban J connectivity index is 2.40. The smallest absolute Gasteiger partial charge is 0.0210 e. The van der Waals surface area contributed by atoms with Gasteiger partial charge in [-0.2, -0.15) is 0 Å². The molecule has 1 aliphatic carbocycles. The predicted molar refractivity (Wildman–Crippen MR) is 76.4 cm³/mol. The maximum absolute atomic E-state index is 3.64. The second-order valence-corrected chi connectivity index (χ2v) is 6.17. The number of hydrogen-bond donors (Lipinski definition) is 0. The summed E-state index contributed by atoms with van der Waals surface area (Å²) in [5.74, 6) is 0. The van der Waals surface area contributed by atoms with Crippen LogP contribution in [0.3, 0.4) is 0 Å². The first-order valence-electron chi connectivity index (χ1n) is 5.92. The quantitative estimate of drug-likeness (QED) is 0.635. The van der Waals surface area contributed by atoms with E-state index in [-0.39, 0.29) is 5.41 Å². The van der Waals surface area contributed by atoms with Crippen molar-refractivity contribution in [2.24, 2.45) is 0 Å². The van der Waals surface area contributed by atoms with Crippen LogP contribution in [-0.2, 0) is 5.41 Å². The molecule has 0 amide bonds. The minimum atomic E-state index is 0.122. The fourth-order valence-corrected chi connectivity index (χ4v) is 3.17. The van der Waals surface area contributed by atoms with Gasteiger partial charge in [0.05, 0.1) is 0 Å². The van der Waals surface area contributed by atoms with Crippen LogP contribution in [0.2, 0.25) is 0 Å². The van der Waals surface area contributed by atoms with E-state index < -0.39 is 0 Å². The lowest BCUT2D eigenvalue weighted by Crippen LogP contribution is -2.15. The van der Waals surface area contributed by atoms with E-state index in [1.807, 2.05) is 0 Å². The molecule has 0 nitrogen and oxygen atoms in total. The first-order valence-corrected chi connectivity index (χ1v) is 6.71. The SMILES string of the molecule is Cc1cc2c(cc1Br)-c1ccccc1C2(C)C. The second-order valence-electron chi connectivity index (χ2n) is 5.32. The molecule has 86 valence electrons. The third-order valence-electron chi connectivity index (χ3n) is 3.86. The highest BCUT2D eigenvalue weighted by Gasteiger charge is 2.35.